The van der Waals surface area contributed by atoms with Crippen LogP contribution in [0.3, 0.4) is 0 Å². The van der Waals surface area contributed by atoms with Gasteiger partial charge in [-0.3, -0.25) is 4.98 Å². The van der Waals surface area contributed by atoms with Crippen LogP contribution in [0.1, 0.15) is 30.2 Å². The number of fused-ring (bicyclic) bond motifs is 1. The highest BCUT2D eigenvalue weighted by molar-refractivity contribution is 6.31. The first kappa shape index (κ1) is 20.0. The van der Waals surface area contributed by atoms with Crippen LogP contribution in [0.2, 0.25) is 5.02 Å². The third-order valence-electron chi connectivity index (χ3n) is 5.48. The molecule has 4 atom stereocenters. The summed E-state index contributed by atoms with van der Waals surface area (Å²) in [6.45, 7) is 1.45. The van der Waals surface area contributed by atoms with E-state index < -0.39 is 24.4 Å². The lowest BCUT2D eigenvalue weighted by molar-refractivity contribution is -0.161. The highest BCUT2D eigenvalue weighted by Crippen LogP contribution is 2.38. The molecule has 0 bridgehead atoms. The van der Waals surface area contributed by atoms with E-state index in [0.717, 1.165) is 16.5 Å². The predicted molar refractivity (Wildman–Crippen MR) is 111 cm³/mol. The molecule has 1 aliphatic rings. The van der Waals surface area contributed by atoms with Crippen LogP contribution < -0.4 is 0 Å². The van der Waals surface area contributed by atoms with Gasteiger partial charge in [0.2, 0.25) is 0 Å². The van der Waals surface area contributed by atoms with Crippen molar-refractivity contribution in [2.75, 3.05) is 6.61 Å². The van der Waals surface area contributed by atoms with E-state index in [1.165, 1.54) is 0 Å². The maximum Gasteiger partial charge on any atom is 0.161 e. The lowest BCUT2D eigenvalue weighted by Crippen LogP contribution is -2.45. The molecular weight excluding hydrogens is 422 g/mol. The number of aliphatic hydroxyl groups excluding tert-OH is 2. The number of rotatable bonds is 4. The second-order valence-electron chi connectivity index (χ2n) is 7.47. The molecule has 3 aromatic heterocycles. The average Bonchev–Trinajstić information content (AvgIpc) is 3.43. The highest BCUT2D eigenvalue weighted by Gasteiger charge is 2.41. The number of aromatic nitrogens is 7. The van der Waals surface area contributed by atoms with Gasteiger partial charge in [0.15, 0.2) is 5.82 Å². The van der Waals surface area contributed by atoms with Crippen LogP contribution in [0.4, 0.5) is 0 Å². The Morgan fingerprint density at radius 3 is 2.94 bits per heavy atom. The molecule has 0 amide bonds. The summed E-state index contributed by atoms with van der Waals surface area (Å²) in [7, 11) is 0. The summed E-state index contributed by atoms with van der Waals surface area (Å²) in [6.07, 6.45) is 4.74. The van der Waals surface area contributed by atoms with Gasteiger partial charge in [-0.2, -0.15) is 5.10 Å². The Kier molecular flexibility index (Phi) is 5.14. The van der Waals surface area contributed by atoms with E-state index in [0.29, 0.717) is 23.1 Å². The molecule has 10 nitrogen and oxygen atoms in total. The third-order valence-corrected chi connectivity index (χ3v) is 5.70. The summed E-state index contributed by atoms with van der Waals surface area (Å²) in [4.78, 5) is 8.85. The van der Waals surface area contributed by atoms with Crippen molar-refractivity contribution in [1.29, 1.82) is 0 Å². The van der Waals surface area contributed by atoms with E-state index in [1.54, 1.807) is 47.1 Å². The van der Waals surface area contributed by atoms with Crippen LogP contribution in [0, 0.1) is 6.92 Å². The SMILES string of the molecule is Cc1nc(C2CC(n3ccnn3)C(O)C(CO)O2)n(-c2cc(Cl)cc3ccncc23)n1. The van der Waals surface area contributed by atoms with Crippen LogP contribution in [0.15, 0.2) is 43.0 Å². The molecule has 1 saturated heterocycles. The van der Waals surface area contributed by atoms with Crippen molar-refractivity contribution >= 4 is 22.4 Å². The fourth-order valence-electron chi connectivity index (χ4n) is 4.07. The Hall–Kier alpha value is -2.92. The van der Waals surface area contributed by atoms with Crippen molar-refractivity contribution in [2.24, 2.45) is 0 Å². The van der Waals surface area contributed by atoms with Gasteiger partial charge in [-0.1, -0.05) is 16.8 Å². The molecule has 0 spiro atoms. The highest BCUT2D eigenvalue weighted by atomic mass is 35.5. The minimum absolute atomic E-state index is 0.347. The summed E-state index contributed by atoms with van der Waals surface area (Å²) in [5.41, 5.74) is 0.721. The number of aryl methyl sites for hydroxylation is 1. The molecule has 5 rings (SSSR count). The molecule has 0 aliphatic carbocycles. The summed E-state index contributed by atoms with van der Waals surface area (Å²) < 4.78 is 9.32. The van der Waals surface area contributed by atoms with Crippen LogP contribution in [-0.2, 0) is 4.74 Å². The van der Waals surface area contributed by atoms with Gasteiger partial charge in [0.1, 0.15) is 24.1 Å². The molecule has 1 fully saturated rings. The zero-order chi connectivity index (χ0) is 21.5. The Morgan fingerprint density at radius 2 is 2.16 bits per heavy atom. The van der Waals surface area contributed by atoms with Crippen LogP contribution >= 0.6 is 11.6 Å². The van der Waals surface area contributed by atoms with E-state index in [1.807, 2.05) is 12.1 Å². The molecule has 1 aliphatic heterocycles. The molecule has 0 saturated carbocycles. The van der Waals surface area contributed by atoms with Gasteiger partial charge in [-0.25, -0.2) is 14.3 Å². The second-order valence-corrected chi connectivity index (χ2v) is 7.91. The molecule has 4 unspecified atom stereocenters. The van der Waals surface area contributed by atoms with E-state index in [9.17, 15) is 10.2 Å². The largest absolute Gasteiger partial charge is 0.394 e. The molecular formula is C20H20ClN7O3. The van der Waals surface area contributed by atoms with Gasteiger partial charge < -0.3 is 14.9 Å². The Labute approximate surface area is 182 Å². The van der Waals surface area contributed by atoms with Crippen molar-refractivity contribution in [3.63, 3.8) is 0 Å². The fourth-order valence-corrected chi connectivity index (χ4v) is 4.29. The molecule has 31 heavy (non-hydrogen) atoms. The van der Waals surface area contributed by atoms with Crippen LogP contribution in [0.5, 0.6) is 0 Å². The van der Waals surface area contributed by atoms with Crippen LogP contribution in [-0.4, -0.2) is 63.8 Å². The van der Waals surface area contributed by atoms with Gasteiger partial charge in [0, 0.05) is 35.4 Å². The maximum absolute atomic E-state index is 10.7. The Bertz CT molecular complexity index is 1210. The third kappa shape index (κ3) is 3.57. The summed E-state index contributed by atoms with van der Waals surface area (Å²) in [5.74, 6) is 1.10. The Morgan fingerprint density at radius 1 is 1.29 bits per heavy atom. The van der Waals surface area contributed by atoms with E-state index in [2.05, 4.69) is 25.4 Å². The lowest BCUT2D eigenvalue weighted by atomic mass is 9.95. The number of pyridine rings is 1. The number of ether oxygens (including phenoxy) is 1. The van der Waals surface area contributed by atoms with Crippen LogP contribution in [0.25, 0.3) is 16.5 Å². The number of benzene rings is 1. The summed E-state index contributed by atoms with van der Waals surface area (Å²) in [5, 5.41) is 35.3. The number of nitrogens with zero attached hydrogens (tertiary/aromatic N) is 7. The quantitative estimate of drug-likeness (QED) is 0.491. The minimum Gasteiger partial charge on any atom is -0.394 e. The molecule has 4 heterocycles. The minimum atomic E-state index is -0.948. The first-order chi connectivity index (χ1) is 15.0. The second kappa shape index (κ2) is 7.97. The first-order valence-corrected chi connectivity index (χ1v) is 10.2. The monoisotopic (exact) mass is 441 g/mol. The van der Waals surface area contributed by atoms with Crippen molar-refractivity contribution < 1.29 is 14.9 Å². The molecule has 0 radical (unpaired) electrons. The van der Waals surface area contributed by atoms with Gasteiger partial charge >= 0.3 is 0 Å². The van der Waals surface area contributed by atoms with Crippen molar-refractivity contribution in [1.82, 2.24) is 34.7 Å². The van der Waals surface area contributed by atoms with Crippen molar-refractivity contribution in [3.05, 3.63) is 59.7 Å². The van der Waals surface area contributed by atoms with E-state index in [4.69, 9.17) is 16.3 Å². The maximum atomic E-state index is 10.7. The van der Waals surface area contributed by atoms with E-state index >= 15 is 0 Å². The van der Waals surface area contributed by atoms with Gasteiger partial charge in [0.25, 0.3) is 0 Å². The fraction of sp³-hybridized carbons (Fsp3) is 0.350. The average molecular weight is 442 g/mol. The molecule has 2 N–H and O–H groups in total. The summed E-state index contributed by atoms with van der Waals surface area (Å²) >= 11 is 6.38. The first-order valence-electron chi connectivity index (χ1n) is 9.82. The van der Waals surface area contributed by atoms with Gasteiger partial charge in [-0.05, 0) is 30.5 Å². The van der Waals surface area contributed by atoms with Crippen molar-refractivity contribution in [2.45, 2.75) is 37.7 Å². The van der Waals surface area contributed by atoms with Gasteiger partial charge in [0.05, 0.1) is 24.5 Å². The standard InChI is InChI=1S/C20H20ClN7O3/c1-11-24-20(17-8-16(27-5-4-23-26-27)19(30)18(10-29)31-17)28(25-11)15-7-13(21)6-12-2-3-22-9-14(12)15/h2-7,9,16-19,29-30H,8,10H2,1H3. The number of hydrogen-bond acceptors (Lipinski definition) is 8. The normalized spacial score (nSPS) is 24.0. The van der Waals surface area contributed by atoms with Crippen molar-refractivity contribution in [3.8, 4) is 5.69 Å². The predicted octanol–water partition coefficient (Wildman–Crippen LogP) is 1.79. The number of halogens is 1. The number of aliphatic hydroxyl groups is 2. The molecule has 4 aromatic rings. The molecule has 1 aromatic carbocycles. The zero-order valence-corrected chi connectivity index (χ0v) is 17.3. The smallest absolute Gasteiger partial charge is 0.161 e. The Balaban J connectivity index is 1.61. The van der Waals surface area contributed by atoms with Gasteiger partial charge in [-0.15, -0.1) is 5.10 Å². The molecule has 160 valence electrons. The lowest BCUT2D eigenvalue weighted by Gasteiger charge is -2.38. The topological polar surface area (TPSA) is 124 Å². The van der Waals surface area contributed by atoms with E-state index in [-0.39, 0.29) is 6.61 Å². The summed E-state index contributed by atoms with van der Waals surface area (Å²) in [6, 6.07) is 5.10. The zero-order valence-electron chi connectivity index (χ0n) is 16.6. The number of hydrogen-bond donors (Lipinski definition) is 2. The molecule has 11 heteroatoms.